The van der Waals surface area contributed by atoms with Crippen LogP contribution in [0.15, 0.2) is 110 Å². The van der Waals surface area contributed by atoms with Crippen molar-refractivity contribution in [1.29, 1.82) is 0 Å². The number of carbonyl (C=O) groups excluding carboxylic acids is 6. The van der Waals surface area contributed by atoms with Crippen LogP contribution in [0.25, 0.3) is 0 Å². The standard InChI is InChI=1S/C42H50O15Si3/c1-10-58(4,5)34-19-13-31(14-20-34)37(43)52-55-40(46)49-27-25-30(29-51-42(48)57-54-39(45)33-17-23-36(24-18-33)60(8,9)12-3)26-28-50-41(47)56-53-38(44)32-15-21-35(22-16-32)59(6,7)11-2/h10-24,30H,1-3,25-29H2,4-9H3. The molecule has 0 atom stereocenters. The molecule has 320 valence electrons. The number of carbonyl (C=O) groups is 6. The second kappa shape index (κ2) is 22.2. The molecule has 0 aliphatic rings. The van der Waals surface area contributed by atoms with Crippen molar-refractivity contribution in [3.8, 4) is 0 Å². The van der Waals surface area contributed by atoms with Crippen LogP contribution in [0.3, 0.4) is 0 Å². The Labute approximate surface area is 351 Å². The van der Waals surface area contributed by atoms with Gasteiger partial charge in [0.15, 0.2) is 0 Å². The Hall–Kier alpha value is -6.25. The minimum Gasteiger partial charge on any atom is -0.432 e. The molecule has 15 nitrogen and oxygen atoms in total. The van der Waals surface area contributed by atoms with Gasteiger partial charge in [0, 0.05) is 0 Å². The SMILES string of the molecule is C=C[Si](C)(C)c1ccc(C(=O)OOC(=O)OCCC(CCOC(=O)OOC(=O)c2ccc([Si](C)(C)C=C)cc2)COC(=O)OOC(=O)c2ccc([Si](C)(C)C=C)cc2)cc1. The highest BCUT2D eigenvalue weighted by Crippen LogP contribution is 2.14. The highest BCUT2D eigenvalue weighted by atomic mass is 28.3. The van der Waals surface area contributed by atoms with E-state index in [0.717, 1.165) is 15.6 Å². The van der Waals surface area contributed by atoms with Crippen LogP contribution in [0.5, 0.6) is 0 Å². The Balaban J connectivity index is 1.51. The molecule has 60 heavy (non-hydrogen) atoms. The average Bonchev–Trinajstić information content (AvgIpc) is 3.25. The fourth-order valence-corrected chi connectivity index (χ4v) is 8.79. The van der Waals surface area contributed by atoms with E-state index >= 15 is 0 Å². The highest BCUT2D eigenvalue weighted by Gasteiger charge is 2.24. The molecule has 0 N–H and O–H groups in total. The van der Waals surface area contributed by atoms with Crippen LogP contribution in [0.2, 0.25) is 39.3 Å². The van der Waals surface area contributed by atoms with Crippen molar-refractivity contribution in [2.24, 2.45) is 5.92 Å². The third-order valence-corrected chi connectivity index (χ3v) is 18.1. The monoisotopic (exact) mass is 878 g/mol. The third kappa shape index (κ3) is 14.8. The fourth-order valence-electron chi connectivity index (χ4n) is 5.01. The summed E-state index contributed by atoms with van der Waals surface area (Å²) in [5.74, 6) is -3.48. The molecular weight excluding hydrogens is 829 g/mol. The van der Waals surface area contributed by atoms with Gasteiger partial charge in [-0.05, 0) is 55.2 Å². The van der Waals surface area contributed by atoms with Crippen molar-refractivity contribution in [2.45, 2.75) is 52.1 Å². The second-order valence-corrected chi connectivity index (χ2v) is 28.4. The van der Waals surface area contributed by atoms with E-state index in [4.69, 9.17) is 14.2 Å². The summed E-state index contributed by atoms with van der Waals surface area (Å²) in [5, 5.41) is 3.11. The van der Waals surface area contributed by atoms with Gasteiger partial charge in [-0.3, -0.25) is 0 Å². The van der Waals surface area contributed by atoms with E-state index in [0.29, 0.717) is 0 Å². The topological polar surface area (TPSA) is 185 Å². The largest absolute Gasteiger partial charge is 0.549 e. The first-order valence-corrected chi connectivity index (χ1v) is 27.9. The van der Waals surface area contributed by atoms with Crippen LogP contribution >= 0.6 is 0 Å². The minimum absolute atomic E-state index is 0.00776. The number of benzene rings is 3. The van der Waals surface area contributed by atoms with Gasteiger partial charge in [-0.15, -0.1) is 19.7 Å². The van der Waals surface area contributed by atoms with Gasteiger partial charge in [0.05, 0.1) is 36.5 Å². The molecule has 0 aliphatic heterocycles. The first kappa shape index (κ1) is 48.1. The average molecular weight is 879 g/mol. The van der Waals surface area contributed by atoms with Crippen LogP contribution in [-0.4, -0.2) is 80.4 Å². The molecule has 0 aromatic heterocycles. The lowest BCUT2D eigenvalue weighted by atomic mass is 10.0. The molecule has 0 heterocycles. The molecule has 0 bridgehead atoms. The number of ether oxygens (including phenoxy) is 3. The van der Waals surface area contributed by atoms with E-state index in [1.807, 2.05) is 17.1 Å². The Morgan fingerprint density at radius 3 is 0.983 bits per heavy atom. The van der Waals surface area contributed by atoms with Gasteiger partial charge in [0.25, 0.3) is 0 Å². The van der Waals surface area contributed by atoms with Gasteiger partial charge < -0.3 is 14.2 Å². The van der Waals surface area contributed by atoms with Gasteiger partial charge in [-0.2, -0.15) is 14.4 Å². The molecular formula is C42H50O15Si3. The summed E-state index contributed by atoms with van der Waals surface area (Å²) in [4.78, 5) is 101. The molecule has 0 radical (unpaired) electrons. The van der Waals surface area contributed by atoms with Crippen molar-refractivity contribution in [2.75, 3.05) is 19.8 Å². The Morgan fingerprint density at radius 1 is 0.450 bits per heavy atom. The molecule has 3 aromatic carbocycles. The molecule has 0 amide bonds. The van der Waals surface area contributed by atoms with Gasteiger partial charge >= 0.3 is 36.4 Å². The van der Waals surface area contributed by atoms with Crippen LogP contribution in [0, 0.1) is 5.92 Å². The molecule has 3 rings (SSSR count). The predicted octanol–water partition coefficient (Wildman–Crippen LogP) is 7.08. The van der Waals surface area contributed by atoms with E-state index in [2.05, 4.69) is 88.3 Å². The molecule has 0 saturated carbocycles. The summed E-state index contributed by atoms with van der Waals surface area (Å²) in [6.07, 6.45) is -4.05. The number of rotatable bonds is 17. The van der Waals surface area contributed by atoms with Gasteiger partial charge in [-0.1, -0.05) is 108 Å². The first-order chi connectivity index (χ1) is 28.3. The molecule has 0 spiro atoms. The second-order valence-electron chi connectivity index (χ2n) is 15.1. The zero-order valence-corrected chi connectivity index (χ0v) is 37.5. The van der Waals surface area contributed by atoms with Crippen LogP contribution in [-0.2, 0) is 43.5 Å². The molecule has 0 fully saturated rings. The lowest BCUT2D eigenvalue weighted by Gasteiger charge is -2.18. The Bertz CT molecular complexity index is 1910. The summed E-state index contributed by atoms with van der Waals surface area (Å²) in [7, 11) is -5.57. The van der Waals surface area contributed by atoms with Crippen molar-refractivity contribution in [1.82, 2.24) is 0 Å². The summed E-state index contributed by atoms with van der Waals surface area (Å²) in [6.45, 7) is 23.1. The van der Waals surface area contributed by atoms with Crippen LogP contribution in [0.4, 0.5) is 14.4 Å². The van der Waals surface area contributed by atoms with Crippen LogP contribution < -0.4 is 15.6 Å². The molecule has 0 saturated heterocycles. The maximum atomic E-state index is 12.5. The summed E-state index contributed by atoms with van der Waals surface area (Å²) >= 11 is 0. The van der Waals surface area contributed by atoms with E-state index in [1.54, 1.807) is 36.4 Å². The van der Waals surface area contributed by atoms with Crippen LogP contribution in [0.1, 0.15) is 43.9 Å². The summed E-state index contributed by atoms with van der Waals surface area (Å²) in [5.41, 5.74) is 6.11. The van der Waals surface area contributed by atoms with Crippen molar-refractivity contribution < 1.29 is 72.3 Å². The normalized spacial score (nSPS) is 11.2. The summed E-state index contributed by atoms with van der Waals surface area (Å²) < 4.78 is 15.1. The molecule has 18 heteroatoms. The van der Waals surface area contributed by atoms with E-state index in [1.165, 1.54) is 36.4 Å². The lowest BCUT2D eigenvalue weighted by molar-refractivity contribution is -0.206. The van der Waals surface area contributed by atoms with Crippen molar-refractivity contribution in [3.63, 3.8) is 0 Å². The van der Waals surface area contributed by atoms with Crippen molar-refractivity contribution >= 4 is 76.2 Å². The zero-order valence-electron chi connectivity index (χ0n) is 34.5. The molecule has 0 aliphatic carbocycles. The zero-order chi connectivity index (χ0) is 44.5. The molecule has 3 aromatic rings. The van der Waals surface area contributed by atoms with E-state index in [9.17, 15) is 28.8 Å². The Morgan fingerprint density at radius 2 is 0.717 bits per heavy atom. The van der Waals surface area contributed by atoms with Crippen molar-refractivity contribution in [3.05, 3.63) is 126 Å². The fraction of sp³-hybridized carbons (Fsp3) is 0.286. The minimum atomic E-state index is -1.87. The first-order valence-electron chi connectivity index (χ1n) is 18.7. The quantitative estimate of drug-likeness (QED) is 0.0440. The maximum Gasteiger partial charge on any atom is 0.549 e. The summed E-state index contributed by atoms with van der Waals surface area (Å²) in [6, 6.07) is 19.9. The van der Waals surface area contributed by atoms with E-state index in [-0.39, 0.29) is 42.7 Å². The third-order valence-electron chi connectivity index (χ3n) is 9.61. The predicted molar refractivity (Wildman–Crippen MR) is 228 cm³/mol. The van der Waals surface area contributed by atoms with Gasteiger partial charge in [0.2, 0.25) is 0 Å². The Kier molecular flexibility index (Phi) is 17.8. The number of hydrogen-bond acceptors (Lipinski definition) is 15. The van der Waals surface area contributed by atoms with E-state index < -0.39 is 73.1 Å². The number of hydrogen-bond donors (Lipinski definition) is 0. The highest BCUT2D eigenvalue weighted by molar-refractivity contribution is 6.94. The smallest absolute Gasteiger partial charge is 0.432 e. The van der Waals surface area contributed by atoms with Gasteiger partial charge in [-0.25, -0.2) is 43.7 Å². The lowest BCUT2D eigenvalue weighted by Crippen LogP contribution is -2.39. The van der Waals surface area contributed by atoms with Gasteiger partial charge in [0.1, 0.15) is 24.2 Å². The maximum absolute atomic E-state index is 12.5. The molecule has 0 unspecified atom stereocenters.